The molecule has 2 heterocycles. The van der Waals surface area contributed by atoms with Crippen molar-refractivity contribution in [1.82, 2.24) is 4.90 Å². The Morgan fingerprint density at radius 2 is 2.33 bits per heavy atom. The van der Waals surface area contributed by atoms with E-state index in [1.165, 1.54) is 24.0 Å². The average Bonchev–Trinajstić information content (AvgIpc) is 2.96. The van der Waals surface area contributed by atoms with E-state index < -0.39 is 0 Å². The van der Waals surface area contributed by atoms with Gasteiger partial charge in [-0.15, -0.1) is 0 Å². The number of fused-ring (bicyclic) bond motifs is 1. The summed E-state index contributed by atoms with van der Waals surface area (Å²) in [5.41, 5.74) is 8.48. The fraction of sp³-hybridized carbons (Fsp3) is 0.571. The van der Waals surface area contributed by atoms with E-state index in [0.717, 1.165) is 42.9 Å². The predicted molar refractivity (Wildman–Crippen MR) is 75.8 cm³/mol. The number of likely N-dealkylation sites (tertiary alicyclic amines) is 1. The smallest absolute Gasteiger partial charge is 0.127 e. The first kappa shape index (κ1) is 12.5. The van der Waals surface area contributed by atoms with Crippen LogP contribution in [0.3, 0.4) is 0 Å². The summed E-state index contributed by atoms with van der Waals surface area (Å²) in [6.07, 6.45) is 3.52. The van der Waals surface area contributed by atoms with Crippen LogP contribution in [-0.4, -0.2) is 30.6 Å². The summed E-state index contributed by atoms with van der Waals surface area (Å²) in [4.78, 5) is 2.49. The highest BCUT2D eigenvalue weighted by atomic mass is 79.9. The molecule has 2 aliphatic heterocycles. The molecule has 1 unspecified atom stereocenters. The van der Waals surface area contributed by atoms with Crippen molar-refractivity contribution >= 4 is 15.9 Å². The van der Waals surface area contributed by atoms with Gasteiger partial charge < -0.3 is 10.5 Å². The molecule has 0 bridgehead atoms. The molecule has 0 saturated carbocycles. The Hall–Kier alpha value is -0.580. The van der Waals surface area contributed by atoms with Gasteiger partial charge in [0.25, 0.3) is 0 Å². The lowest BCUT2D eigenvalue weighted by molar-refractivity contribution is 0.245. The van der Waals surface area contributed by atoms with Gasteiger partial charge in [0, 0.05) is 35.6 Å². The summed E-state index contributed by atoms with van der Waals surface area (Å²) in [5.74, 6) is 1.11. The van der Waals surface area contributed by atoms with Crippen molar-refractivity contribution < 1.29 is 4.74 Å². The van der Waals surface area contributed by atoms with E-state index in [1.54, 1.807) is 0 Å². The zero-order valence-electron chi connectivity index (χ0n) is 10.5. The number of benzene rings is 1. The second kappa shape index (κ2) is 5.19. The van der Waals surface area contributed by atoms with Crippen molar-refractivity contribution in [1.29, 1.82) is 0 Å². The van der Waals surface area contributed by atoms with Gasteiger partial charge in [-0.3, -0.25) is 4.90 Å². The molecule has 2 aliphatic rings. The standard InChI is InChI=1S/C14H19BrN2O/c15-12-6-10-3-5-18-14(10)11(7-12)9-17-4-1-2-13(17)8-16/h6-7,13H,1-5,8-9,16H2. The normalized spacial score (nSPS) is 23.1. The second-order valence-corrected chi connectivity index (χ2v) is 6.07. The number of rotatable bonds is 3. The topological polar surface area (TPSA) is 38.5 Å². The Labute approximate surface area is 116 Å². The molecular formula is C14H19BrN2O. The summed E-state index contributed by atoms with van der Waals surface area (Å²) >= 11 is 3.60. The molecule has 1 aromatic carbocycles. The van der Waals surface area contributed by atoms with Gasteiger partial charge in [-0.05, 0) is 37.1 Å². The molecule has 98 valence electrons. The van der Waals surface area contributed by atoms with Crippen LogP contribution in [0.5, 0.6) is 5.75 Å². The van der Waals surface area contributed by atoms with Crippen LogP contribution in [-0.2, 0) is 13.0 Å². The van der Waals surface area contributed by atoms with E-state index in [9.17, 15) is 0 Å². The summed E-state index contributed by atoms with van der Waals surface area (Å²) < 4.78 is 6.94. The highest BCUT2D eigenvalue weighted by molar-refractivity contribution is 9.10. The van der Waals surface area contributed by atoms with Crippen molar-refractivity contribution in [3.63, 3.8) is 0 Å². The second-order valence-electron chi connectivity index (χ2n) is 5.15. The minimum atomic E-state index is 0.543. The van der Waals surface area contributed by atoms with Crippen LogP contribution < -0.4 is 10.5 Å². The van der Waals surface area contributed by atoms with E-state index in [-0.39, 0.29) is 0 Å². The van der Waals surface area contributed by atoms with Gasteiger partial charge in [0.15, 0.2) is 0 Å². The molecule has 4 heteroatoms. The molecule has 0 aromatic heterocycles. The first-order valence-electron chi connectivity index (χ1n) is 6.66. The highest BCUT2D eigenvalue weighted by Crippen LogP contribution is 2.34. The number of ether oxygens (including phenoxy) is 1. The van der Waals surface area contributed by atoms with E-state index in [1.807, 2.05) is 0 Å². The molecule has 2 N–H and O–H groups in total. The summed E-state index contributed by atoms with van der Waals surface area (Å²) in [7, 11) is 0. The molecule has 0 amide bonds. The zero-order valence-corrected chi connectivity index (χ0v) is 12.1. The van der Waals surface area contributed by atoms with Crippen LogP contribution in [0.4, 0.5) is 0 Å². The van der Waals surface area contributed by atoms with Gasteiger partial charge >= 0.3 is 0 Å². The fourth-order valence-electron chi connectivity index (χ4n) is 3.05. The van der Waals surface area contributed by atoms with Gasteiger partial charge in [0.05, 0.1) is 6.61 Å². The summed E-state index contributed by atoms with van der Waals surface area (Å²) in [6.45, 7) is 3.70. The molecule has 18 heavy (non-hydrogen) atoms. The Balaban J connectivity index is 1.84. The maximum absolute atomic E-state index is 5.84. The van der Waals surface area contributed by atoms with Crippen molar-refractivity contribution in [2.24, 2.45) is 5.73 Å². The lowest BCUT2D eigenvalue weighted by atomic mass is 10.1. The largest absolute Gasteiger partial charge is 0.493 e. The van der Waals surface area contributed by atoms with Gasteiger partial charge in [-0.25, -0.2) is 0 Å². The monoisotopic (exact) mass is 310 g/mol. The SMILES string of the molecule is NCC1CCCN1Cc1cc(Br)cc2c1OCC2. The molecule has 1 atom stereocenters. The fourth-order valence-corrected chi connectivity index (χ4v) is 3.61. The van der Waals surface area contributed by atoms with E-state index in [2.05, 4.69) is 33.0 Å². The molecular weight excluding hydrogens is 292 g/mol. The number of nitrogens with two attached hydrogens (primary N) is 1. The summed E-state index contributed by atoms with van der Waals surface area (Å²) in [5, 5.41) is 0. The quantitative estimate of drug-likeness (QED) is 0.931. The number of nitrogens with zero attached hydrogens (tertiary/aromatic N) is 1. The lowest BCUT2D eigenvalue weighted by Crippen LogP contribution is -2.34. The van der Waals surface area contributed by atoms with Crippen LogP contribution in [0, 0.1) is 0 Å². The maximum Gasteiger partial charge on any atom is 0.127 e. The molecule has 0 radical (unpaired) electrons. The Bertz CT molecular complexity index is 450. The first-order valence-corrected chi connectivity index (χ1v) is 7.45. The minimum absolute atomic E-state index is 0.543. The Kier molecular flexibility index (Phi) is 3.59. The molecule has 3 rings (SSSR count). The molecule has 1 saturated heterocycles. The third kappa shape index (κ3) is 2.29. The number of halogens is 1. The third-order valence-electron chi connectivity index (χ3n) is 3.97. The maximum atomic E-state index is 5.84. The molecule has 0 aliphatic carbocycles. The van der Waals surface area contributed by atoms with Crippen LogP contribution in [0.1, 0.15) is 24.0 Å². The predicted octanol–water partition coefficient (Wildman–Crippen LogP) is 2.31. The Morgan fingerprint density at radius 3 is 3.17 bits per heavy atom. The van der Waals surface area contributed by atoms with Crippen LogP contribution in [0.2, 0.25) is 0 Å². The van der Waals surface area contributed by atoms with Gasteiger partial charge in [0.1, 0.15) is 5.75 Å². The van der Waals surface area contributed by atoms with Gasteiger partial charge in [0.2, 0.25) is 0 Å². The average molecular weight is 311 g/mol. The Morgan fingerprint density at radius 1 is 1.44 bits per heavy atom. The minimum Gasteiger partial charge on any atom is -0.493 e. The van der Waals surface area contributed by atoms with Crippen molar-refractivity contribution in [3.05, 3.63) is 27.7 Å². The molecule has 3 nitrogen and oxygen atoms in total. The van der Waals surface area contributed by atoms with Crippen LogP contribution in [0.15, 0.2) is 16.6 Å². The third-order valence-corrected chi connectivity index (χ3v) is 4.43. The van der Waals surface area contributed by atoms with Crippen molar-refractivity contribution in [2.75, 3.05) is 19.7 Å². The number of hydrogen-bond donors (Lipinski definition) is 1. The van der Waals surface area contributed by atoms with E-state index in [4.69, 9.17) is 10.5 Å². The summed E-state index contributed by atoms with van der Waals surface area (Å²) in [6, 6.07) is 4.91. The van der Waals surface area contributed by atoms with Crippen LogP contribution in [0.25, 0.3) is 0 Å². The zero-order chi connectivity index (χ0) is 12.5. The molecule has 1 fully saturated rings. The van der Waals surface area contributed by atoms with E-state index >= 15 is 0 Å². The lowest BCUT2D eigenvalue weighted by Gasteiger charge is -2.24. The molecule has 0 spiro atoms. The van der Waals surface area contributed by atoms with Gasteiger partial charge in [-0.1, -0.05) is 15.9 Å². The number of hydrogen-bond acceptors (Lipinski definition) is 3. The van der Waals surface area contributed by atoms with Crippen LogP contribution >= 0.6 is 15.9 Å². The molecule has 1 aromatic rings. The van der Waals surface area contributed by atoms with Gasteiger partial charge in [-0.2, -0.15) is 0 Å². The van der Waals surface area contributed by atoms with E-state index in [0.29, 0.717) is 6.04 Å². The van der Waals surface area contributed by atoms with Crippen molar-refractivity contribution in [3.8, 4) is 5.75 Å². The van der Waals surface area contributed by atoms with Crippen molar-refractivity contribution in [2.45, 2.75) is 31.8 Å². The first-order chi connectivity index (χ1) is 8.78. The highest BCUT2D eigenvalue weighted by Gasteiger charge is 2.25.